The van der Waals surface area contributed by atoms with Crippen LogP contribution in [-0.2, 0) is 16.1 Å². The van der Waals surface area contributed by atoms with Gasteiger partial charge in [-0.2, -0.15) is 4.39 Å². The molecule has 0 aromatic heterocycles. The van der Waals surface area contributed by atoms with Crippen LogP contribution in [-0.4, -0.2) is 19.7 Å². The molecule has 0 aliphatic rings. The predicted molar refractivity (Wildman–Crippen MR) is 89.4 cm³/mol. The number of hydrogen-bond donors (Lipinski definition) is 0. The zero-order valence-electron chi connectivity index (χ0n) is 13.9. The monoisotopic (exact) mass is 348 g/mol. The highest BCUT2D eigenvalue weighted by atomic mass is 19.2. The van der Waals surface area contributed by atoms with E-state index in [9.17, 15) is 13.6 Å². The van der Waals surface area contributed by atoms with Crippen LogP contribution < -0.4 is 9.47 Å². The summed E-state index contributed by atoms with van der Waals surface area (Å²) in [4.78, 5) is 11.3. The van der Waals surface area contributed by atoms with Gasteiger partial charge in [-0.25, -0.2) is 9.18 Å². The fourth-order valence-corrected chi connectivity index (χ4v) is 2.02. The van der Waals surface area contributed by atoms with E-state index in [1.54, 1.807) is 38.3 Å². The van der Waals surface area contributed by atoms with Crippen LogP contribution in [0.4, 0.5) is 8.78 Å². The van der Waals surface area contributed by atoms with E-state index in [4.69, 9.17) is 14.2 Å². The summed E-state index contributed by atoms with van der Waals surface area (Å²) in [5.74, 6) is -2.25. The smallest absolute Gasteiger partial charge is 0.330 e. The molecule has 0 saturated heterocycles. The van der Waals surface area contributed by atoms with Crippen molar-refractivity contribution >= 4 is 12.0 Å². The molecule has 2 aromatic rings. The zero-order chi connectivity index (χ0) is 18.2. The molecular weight excluding hydrogens is 330 g/mol. The Morgan fingerprint density at radius 1 is 1.16 bits per heavy atom. The number of ether oxygens (including phenoxy) is 3. The van der Waals surface area contributed by atoms with Crippen LogP contribution in [0.2, 0.25) is 0 Å². The number of hydrogen-bond acceptors (Lipinski definition) is 4. The lowest BCUT2D eigenvalue weighted by Crippen LogP contribution is -2.01. The maximum absolute atomic E-state index is 13.9. The van der Waals surface area contributed by atoms with Crippen LogP contribution in [0.1, 0.15) is 18.1 Å². The van der Waals surface area contributed by atoms with Gasteiger partial charge in [0.05, 0.1) is 13.7 Å². The quantitative estimate of drug-likeness (QED) is 0.557. The van der Waals surface area contributed by atoms with Crippen molar-refractivity contribution in [2.24, 2.45) is 0 Å². The third kappa shape index (κ3) is 5.31. The first-order valence-electron chi connectivity index (χ1n) is 7.63. The fraction of sp³-hybridized carbons (Fsp3) is 0.211. The number of carbonyl (C=O) groups is 1. The van der Waals surface area contributed by atoms with Crippen molar-refractivity contribution < 1.29 is 27.8 Å². The molecule has 0 spiro atoms. The van der Waals surface area contributed by atoms with Crippen LogP contribution >= 0.6 is 0 Å². The van der Waals surface area contributed by atoms with Crippen LogP contribution in [0, 0.1) is 11.6 Å². The molecule has 4 nitrogen and oxygen atoms in total. The fourth-order valence-electron chi connectivity index (χ4n) is 2.02. The van der Waals surface area contributed by atoms with Crippen molar-refractivity contribution in [2.75, 3.05) is 13.7 Å². The van der Waals surface area contributed by atoms with Gasteiger partial charge < -0.3 is 14.2 Å². The minimum absolute atomic E-state index is 0.0609. The van der Waals surface area contributed by atoms with Crippen molar-refractivity contribution in [1.82, 2.24) is 0 Å². The third-order valence-corrected chi connectivity index (χ3v) is 3.27. The van der Waals surface area contributed by atoms with Gasteiger partial charge in [-0.05, 0) is 48.4 Å². The topological polar surface area (TPSA) is 44.8 Å². The first kappa shape index (κ1) is 18.4. The lowest BCUT2D eigenvalue weighted by Gasteiger charge is -2.09. The van der Waals surface area contributed by atoms with Gasteiger partial charge in [-0.1, -0.05) is 12.1 Å². The Kier molecular flexibility index (Phi) is 6.51. The molecule has 0 heterocycles. The molecule has 25 heavy (non-hydrogen) atoms. The van der Waals surface area contributed by atoms with Crippen LogP contribution in [0.3, 0.4) is 0 Å². The average molecular weight is 348 g/mol. The van der Waals surface area contributed by atoms with Gasteiger partial charge in [0.2, 0.25) is 5.82 Å². The minimum atomic E-state index is -1.08. The van der Waals surface area contributed by atoms with Gasteiger partial charge >= 0.3 is 5.97 Å². The van der Waals surface area contributed by atoms with Crippen LogP contribution in [0.5, 0.6) is 11.5 Å². The summed E-state index contributed by atoms with van der Waals surface area (Å²) >= 11 is 0. The molecule has 0 saturated carbocycles. The second-order valence-electron chi connectivity index (χ2n) is 5.04. The Morgan fingerprint density at radius 3 is 2.52 bits per heavy atom. The summed E-state index contributed by atoms with van der Waals surface area (Å²) in [5.41, 5.74) is 1.06. The Labute approximate surface area is 144 Å². The van der Waals surface area contributed by atoms with Gasteiger partial charge in [0.15, 0.2) is 11.6 Å². The largest absolute Gasteiger partial charge is 0.497 e. The number of esters is 1. The van der Waals surface area contributed by atoms with E-state index in [-0.39, 0.29) is 24.5 Å². The molecule has 0 N–H and O–H groups in total. The predicted octanol–water partition coefficient (Wildman–Crippen LogP) is 4.13. The molecule has 0 amide bonds. The van der Waals surface area contributed by atoms with Crippen molar-refractivity contribution in [3.8, 4) is 11.5 Å². The van der Waals surface area contributed by atoms with Gasteiger partial charge in [-0.3, -0.25) is 0 Å². The van der Waals surface area contributed by atoms with Crippen LogP contribution in [0.15, 0.2) is 42.5 Å². The molecule has 0 atom stereocenters. The molecule has 2 aromatic carbocycles. The number of methoxy groups -OCH3 is 1. The maximum atomic E-state index is 13.9. The third-order valence-electron chi connectivity index (χ3n) is 3.27. The second-order valence-corrected chi connectivity index (χ2v) is 5.04. The van der Waals surface area contributed by atoms with Crippen molar-refractivity contribution in [3.63, 3.8) is 0 Å². The van der Waals surface area contributed by atoms with Gasteiger partial charge in [0.1, 0.15) is 12.4 Å². The molecule has 0 aliphatic carbocycles. The number of halogens is 2. The Balaban J connectivity index is 2.12. The summed E-state index contributed by atoms with van der Waals surface area (Å²) in [6.07, 6.45) is 2.48. The SMILES string of the molecule is CCOC(=O)/C=C/c1cc(F)c(F)c(OCc2ccc(OC)cc2)c1. The molecule has 0 aliphatic heterocycles. The number of benzene rings is 2. The average Bonchev–Trinajstić information content (AvgIpc) is 2.62. The summed E-state index contributed by atoms with van der Waals surface area (Å²) < 4.78 is 42.8. The van der Waals surface area contributed by atoms with Gasteiger partial charge in [-0.15, -0.1) is 0 Å². The molecule has 0 bridgehead atoms. The molecule has 132 valence electrons. The highest BCUT2D eigenvalue weighted by Crippen LogP contribution is 2.24. The van der Waals surface area contributed by atoms with Crippen LogP contribution in [0.25, 0.3) is 6.08 Å². The Hall–Kier alpha value is -2.89. The molecule has 0 unspecified atom stereocenters. The lowest BCUT2D eigenvalue weighted by molar-refractivity contribution is -0.137. The van der Waals surface area contributed by atoms with Crippen molar-refractivity contribution in [3.05, 3.63) is 65.2 Å². The highest BCUT2D eigenvalue weighted by Gasteiger charge is 2.12. The Bertz CT molecular complexity index is 755. The zero-order valence-corrected chi connectivity index (χ0v) is 13.9. The first-order chi connectivity index (χ1) is 12.0. The first-order valence-corrected chi connectivity index (χ1v) is 7.63. The Morgan fingerprint density at radius 2 is 1.88 bits per heavy atom. The van der Waals surface area contributed by atoms with E-state index in [1.165, 1.54) is 12.1 Å². The standard InChI is InChI=1S/C19H18F2O4/c1-3-24-18(22)9-6-14-10-16(20)19(21)17(11-14)25-12-13-4-7-15(23-2)8-5-13/h4-11H,3,12H2,1-2H3/b9-6+. The van der Waals surface area contributed by atoms with E-state index in [1.807, 2.05) is 0 Å². The molecule has 0 fully saturated rings. The maximum Gasteiger partial charge on any atom is 0.330 e. The summed E-state index contributed by atoms with van der Waals surface area (Å²) in [7, 11) is 1.55. The summed E-state index contributed by atoms with van der Waals surface area (Å²) in [6.45, 7) is 1.97. The van der Waals surface area contributed by atoms with E-state index in [0.29, 0.717) is 5.75 Å². The molecule has 2 rings (SSSR count). The normalized spacial score (nSPS) is 10.7. The second kappa shape index (κ2) is 8.82. The minimum Gasteiger partial charge on any atom is -0.497 e. The van der Waals surface area contributed by atoms with E-state index < -0.39 is 17.6 Å². The van der Waals surface area contributed by atoms with E-state index in [2.05, 4.69) is 0 Å². The van der Waals surface area contributed by atoms with E-state index >= 15 is 0 Å². The van der Waals surface area contributed by atoms with Gasteiger partial charge in [0.25, 0.3) is 0 Å². The highest BCUT2D eigenvalue weighted by molar-refractivity contribution is 5.87. The number of carbonyl (C=O) groups excluding carboxylic acids is 1. The van der Waals surface area contributed by atoms with Gasteiger partial charge in [0, 0.05) is 6.08 Å². The summed E-state index contributed by atoms with van der Waals surface area (Å²) in [6, 6.07) is 9.31. The molecular formula is C19H18F2O4. The van der Waals surface area contributed by atoms with E-state index in [0.717, 1.165) is 17.7 Å². The molecule has 0 radical (unpaired) electrons. The molecule has 6 heteroatoms. The van der Waals surface area contributed by atoms with Crippen molar-refractivity contribution in [1.29, 1.82) is 0 Å². The van der Waals surface area contributed by atoms with Crippen molar-refractivity contribution in [2.45, 2.75) is 13.5 Å². The summed E-state index contributed by atoms with van der Waals surface area (Å²) in [5, 5.41) is 0. The number of rotatable bonds is 7. The lowest BCUT2D eigenvalue weighted by atomic mass is 10.2.